The summed E-state index contributed by atoms with van der Waals surface area (Å²) >= 11 is 0. The van der Waals surface area contributed by atoms with E-state index in [9.17, 15) is 4.39 Å². The Balaban J connectivity index is 2.10. The van der Waals surface area contributed by atoms with Crippen LogP contribution >= 0.6 is 0 Å². The zero-order chi connectivity index (χ0) is 6.85. The van der Waals surface area contributed by atoms with E-state index in [4.69, 9.17) is 5.73 Å². The lowest BCUT2D eigenvalue weighted by Crippen LogP contribution is -2.21. The summed E-state index contributed by atoms with van der Waals surface area (Å²) in [5.41, 5.74) is 5.42. The maximum absolute atomic E-state index is 12.8. The molecular weight excluding hydrogens is 117 g/mol. The SMILES string of the molecule is CC(N)CC(F)C1CC1. The van der Waals surface area contributed by atoms with Gasteiger partial charge in [-0.2, -0.15) is 0 Å². The molecule has 0 aliphatic heterocycles. The first-order chi connectivity index (χ1) is 4.20. The highest BCUT2D eigenvalue weighted by Gasteiger charge is 2.31. The molecule has 54 valence electrons. The highest BCUT2D eigenvalue weighted by atomic mass is 19.1. The van der Waals surface area contributed by atoms with Crippen LogP contribution in [0.2, 0.25) is 0 Å². The van der Waals surface area contributed by atoms with Crippen LogP contribution < -0.4 is 5.73 Å². The fourth-order valence-corrected chi connectivity index (χ4v) is 1.01. The molecule has 0 amide bonds. The van der Waals surface area contributed by atoms with Gasteiger partial charge in [-0.05, 0) is 32.1 Å². The minimum absolute atomic E-state index is 0.0283. The fraction of sp³-hybridized carbons (Fsp3) is 1.00. The van der Waals surface area contributed by atoms with E-state index in [-0.39, 0.29) is 6.04 Å². The number of nitrogens with two attached hydrogens (primary N) is 1. The summed E-state index contributed by atoms with van der Waals surface area (Å²) in [6, 6.07) is 0.0283. The summed E-state index contributed by atoms with van der Waals surface area (Å²) in [4.78, 5) is 0. The van der Waals surface area contributed by atoms with Crippen molar-refractivity contribution in [3.63, 3.8) is 0 Å². The van der Waals surface area contributed by atoms with Crippen LogP contribution in [-0.2, 0) is 0 Å². The summed E-state index contributed by atoms with van der Waals surface area (Å²) in [5.74, 6) is 0.357. The lowest BCUT2D eigenvalue weighted by atomic mass is 10.1. The predicted molar refractivity (Wildman–Crippen MR) is 35.9 cm³/mol. The van der Waals surface area contributed by atoms with E-state index in [1.807, 2.05) is 6.92 Å². The molecule has 0 radical (unpaired) electrons. The Hall–Kier alpha value is -0.110. The molecule has 0 aromatic carbocycles. The lowest BCUT2D eigenvalue weighted by molar-refractivity contribution is 0.267. The molecule has 1 aliphatic carbocycles. The maximum atomic E-state index is 12.8. The largest absolute Gasteiger partial charge is 0.328 e. The van der Waals surface area contributed by atoms with Gasteiger partial charge >= 0.3 is 0 Å². The van der Waals surface area contributed by atoms with Crippen LogP contribution in [0.4, 0.5) is 4.39 Å². The molecule has 1 rings (SSSR count). The van der Waals surface area contributed by atoms with Gasteiger partial charge < -0.3 is 5.73 Å². The first kappa shape index (κ1) is 7.00. The molecule has 0 heterocycles. The van der Waals surface area contributed by atoms with E-state index in [1.54, 1.807) is 0 Å². The molecule has 1 fully saturated rings. The molecule has 0 aromatic rings. The van der Waals surface area contributed by atoms with Crippen molar-refractivity contribution in [1.29, 1.82) is 0 Å². The Kier molecular flexibility index (Phi) is 2.06. The van der Waals surface area contributed by atoms with Crippen LogP contribution in [0.3, 0.4) is 0 Å². The van der Waals surface area contributed by atoms with Gasteiger partial charge in [0.05, 0.1) is 0 Å². The van der Waals surface area contributed by atoms with Crippen molar-refractivity contribution in [2.24, 2.45) is 11.7 Å². The molecule has 0 bridgehead atoms. The smallest absolute Gasteiger partial charge is 0.104 e. The molecule has 1 saturated carbocycles. The molecule has 0 aromatic heterocycles. The van der Waals surface area contributed by atoms with Crippen molar-refractivity contribution in [3.05, 3.63) is 0 Å². The van der Waals surface area contributed by atoms with E-state index in [0.29, 0.717) is 12.3 Å². The Bertz CT molecular complexity index is 88.9. The van der Waals surface area contributed by atoms with Crippen molar-refractivity contribution < 1.29 is 4.39 Å². The van der Waals surface area contributed by atoms with E-state index in [2.05, 4.69) is 0 Å². The number of hydrogen-bond acceptors (Lipinski definition) is 1. The van der Waals surface area contributed by atoms with Gasteiger partial charge in [-0.1, -0.05) is 0 Å². The monoisotopic (exact) mass is 131 g/mol. The third kappa shape index (κ3) is 2.31. The van der Waals surface area contributed by atoms with Crippen molar-refractivity contribution >= 4 is 0 Å². The topological polar surface area (TPSA) is 26.0 Å². The van der Waals surface area contributed by atoms with Crippen LogP contribution in [0, 0.1) is 5.92 Å². The number of rotatable bonds is 3. The summed E-state index contributed by atoms with van der Waals surface area (Å²) in [7, 11) is 0. The summed E-state index contributed by atoms with van der Waals surface area (Å²) in [6.07, 6.45) is 2.08. The molecular formula is C7H14FN. The minimum Gasteiger partial charge on any atom is -0.328 e. The Labute approximate surface area is 55.4 Å². The van der Waals surface area contributed by atoms with Crippen molar-refractivity contribution in [2.45, 2.75) is 38.4 Å². The predicted octanol–water partition coefficient (Wildman–Crippen LogP) is 1.47. The van der Waals surface area contributed by atoms with Gasteiger partial charge in [0.15, 0.2) is 0 Å². The van der Waals surface area contributed by atoms with E-state index in [0.717, 1.165) is 12.8 Å². The van der Waals surface area contributed by atoms with Gasteiger partial charge in [-0.15, -0.1) is 0 Å². The van der Waals surface area contributed by atoms with Crippen LogP contribution in [0.25, 0.3) is 0 Å². The van der Waals surface area contributed by atoms with Gasteiger partial charge in [0.2, 0.25) is 0 Å². The molecule has 0 saturated heterocycles. The Morgan fingerprint density at radius 3 is 2.56 bits per heavy atom. The highest BCUT2D eigenvalue weighted by Crippen LogP contribution is 2.36. The van der Waals surface area contributed by atoms with Crippen molar-refractivity contribution in [3.8, 4) is 0 Å². The molecule has 2 N–H and O–H groups in total. The number of alkyl halides is 1. The molecule has 1 nitrogen and oxygen atoms in total. The van der Waals surface area contributed by atoms with Crippen molar-refractivity contribution in [2.75, 3.05) is 0 Å². The van der Waals surface area contributed by atoms with Gasteiger partial charge in [0.1, 0.15) is 6.17 Å². The molecule has 2 heteroatoms. The summed E-state index contributed by atoms with van der Waals surface area (Å²) < 4.78 is 12.8. The standard InChI is InChI=1S/C7H14FN/c1-5(9)4-7(8)6-2-3-6/h5-7H,2-4,9H2,1H3. The summed E-state index contributed by atoms with van der Waals surface area (Å²) in [6.45, 7) is 1.86. The average molecular weight is 131 g/mol. The first-order valence-corrected chi connectivity index (χ1v) is 3.60. The van der Waals surface area contributed by atoms with E-state index in [1.165, 1.54) is 0 Å². The summed E-state index contributed by atoms with van der Waals surface area (Å²) in [5, 5.41) is 0. The number of halogens is 1. The zero-order valence-electron chi connectivity index (χ0n) is 5.81. The first-order valence-electron chi connectivity index (χ1n) is 3.60. The van der Waals surface area contributed by atoms with Crippen LogP contribution in [0.1, 0.15) is 26.2 Å². The van der Waals surface area contributed by atoms with Gasteiger partial charge in [0.25, 0.3) is 0 Å². The average Bonchev–Trinajstić information content (AvgIpc) is 2.40. The van der Waals surface area contributed by atoms with E-state index < -0.39 is 6.17 Å². The van der Waals surface area contributed by atoms with Crippen LogP contribution in [-0.4, -0.2) is 12.2 Å². The normalized spacial score (nSPS) is 25.7. The van der Waals surface area contributed by atoms with Crippen LogP contribution in [0.15, 0.2) is 0 Å². The number of hydrogen-bond donors (Lipinski definition) is 1. The molecule has 2 unspecified atom stereocenters. The quantitative estimate of drug-likeness (QED) is 0.616. The van der Waals surface area contributed by atoms with Gasteiger partial charge in [-0.25, -0.2) is 4.39 Å². The molecule has 9 heavy (non-hydrogen) atoms. The molecule has 2 atom stereocenters. The zero-order valence-corrected chi connectivity index (χ0v) is 5.81. The second-order valence-electron chi connectivity index (χ2n) is 3.07. The third-order valence-electron chi connectivity index (χ3n) is 1.73. The second kappa shape index (κ2) is 2.65. The third-order valence-corrected chi connectivity index (χ3v) is 1.73. The minimum atomic E-state index is -0.620. The lowest BCUT2D eigenvalue weighted by Gasteiger charge is -2.07. The van der Waals surface area contributed by atoms with Gasteiger partial charge in [-0.3, -0.25) is 0 Å². The van der Waals surface area contributed by atoms with Gasteiger partial charge in [0, 0.05) is 6.04 Å². The van der Waals surface area contributed by atoms with Crippen molar-refractivity contribution in [1.82, 2.24) is 0 Å². The Morgan fingerprint density at radius 2 is 2.22 bits per heavy atom. The highest BCUT2D eigenvalue weighted by molar-refractivity contribution is 4.82. The fourth-order valence-electron chi connectivity index (χ4n) is 1.01. The molecule has 1 aliphatic rings. The Morgan fingerprint density at radius 1 is 1.67 bits per heavy atom. The maximum Gasteiger partial charge on any atom is 0.104 e. The van der Waals surface area contributed by atoms with E-state index >= 15 is 0 Å². The molecule has 0 spiro atoms. The second-order valence-corrected chi connectivity index (χ2v) is 3.07. The van der Waals surface area contributed by atoms with Crippen LogP contribution in [0.5, 0.6) is 0 Å².